The molecule has 1 rings (SSSR count). The number of hydrogen-bond acceptors (Lipinski definition) is 3. The first-order valence-electron chi connectivity index (χ1n) is 6.54. The van der Waals surface area contributed by atoms with E-state index in [0.717, 1.165) is 19.3 Å². The Kier molecular flexibility index (Phi) is 7.54. The summed E-state index contributed by atoms with van der Waals surface area (Å²) in [5, 5.41) is 4.32. The Morgan fingerprint density at radius 2 is 1.61 bits per heavy atom. The maximum atomic E-state index is 10.5. The topological polar surface area (TPSA) is 54.4 Å². The van der Waals surface area contributed by atoms with Crippen molar-refractivity contribution < 1.29 is 13.0 Å². The van der Waals surface area contributed by atoms with Gasteiger partial charge in [-0.3, -0.25) is 4.55 Å². The Labute approximate surface area is 114 Å². The molecular weight excluding hydrogens is 268 g/mol. The molecule has 1 aromatic rings. The quantitative estimate of drug-likeness (QED) is 0.525. The smallest absolute Gasteiger partial charge is 0.264 e. The largest absolute Gasteiger partial charge is 0.286 e. The zero-order valence-electron chi connectivity index (χ0n) is 10.7. The molecule has 0 atom stereocenters. The first-order chi connectivity index (χ1) is 8.58. The number of unbranched alkanes of at least 4 members (excludes halogenated alkanes) is 6. The molecule has 0 aromatic carbocycles. The molecule has 1 N–H and O–H groups in total. The lowest BCUT2D eigenvalue weighted by molar-refractivity contribution is 0.478. The monoisotopic (exact) mass is 290 g/mol. The van der Waals surface area contributed by atoms with Crippen LogP contribution in [0.1, 0.15) is 50.5 Å². The summed E-state index contributed by atoms with van der Waals surface area (Å²) in [7, 11) is -3.75. The first-order valence-corrected chi connectivity index (χ1v) is 9.09. The normalized spacial score (nSPS) is 11.8. The van der Waals surface area contributed by atoms with Crippen molar-refractivity contribution in [3.63, 3.8) is 0 Å². The molecule has 0 saturated heterocycles. The van der Waals surface area contributed by atoms with Gasteiger partial charge in [0.05, 0.1) is 5.75 Å². The minimum atomic E-state index is -3.75. The minimum Gasteiger partial charge on any atom is -0.286 e. The molecule has 0 fully saturated rings. The highest BCUT2D eigenvalue weighted by Crippen LogP contribution is 2.12. The van der Waals surface area contributed by atoms with Crippen molar-refractivity contribution in [2.45, 2.75) is 51.4 Å². The molecule has 0 bridgehead atoms. The van der Waals surface area contributed by atoms with Crippen LogP contribution in [0.25, 0.3) is 0 Å². The Bertz CT molecular complexity index is 396. The van der Waals surface area contributed by atoms with Crippen molar-refractivity contribution in [1.29, 1.82) is 0 Å². The Hall–Kier alpha value is -0.390. The molecule has 1 heterocycles. The van der Waals surface area contributed by atoms with E-state index in [1.165, 1.54) is 31.2 Å². The zero-order valence-corrected chi connectivity index (χ0v) is 12.3. The average molecular weight is 290 g/mol. The van der Waals surface area contributed by atoms with Crippen LogP contribution in [0.5, 0.6) is 0 Å². The summed E-state index contributed by atoms with van der Waals surface area (Å²) in [6.45, 7) is 0. The number of hydrogen-bond donors (Lipinski definition) is 1. The van der Waals surface area contributed by atoms with Gasteiger partial charge in [0.1, 0.15) is 0 Å². The van der Waals surface area contributed by atoms with Crippen LogP contribution in [0, 0.1) is 0 Å². The van der Waals surface area contributed by atoms with Gasteiger partial charge in [-0.1, -0.05) is 32.1 Å². The fourth-order valence-corrected chi connectivity index (χ4v) is 3.20. The third-order valence-corrected chi connectivity index (χ3v) is 4.48. The summed E-state index contributed by atoms with van der Waals surface area (Å²) >= 11 is 1.75. The summed E-state index contributed by atoms with van der Waals surface area (Å²) in [5.41, 5.74) is 1.44. The van der Waals surface area contributed by atoms with Gasteiger partial charge in [-0.05, 0) is 41.7 Å². The van der Waals surface area contributed by atoms with Gasteiger partial charge in [0.25, 0.3) is 10.1 Å². The van der Waals surface area contributed by atoms with E-state index in [1.807, 2.05) is 0 Å². The fraction of sp³-hybridized carbons (Fsp3) is 0.692. The Morgan fingerprint density at radius 3 is 2.17 bits per heavy atom. The van der Waals surface area contributed by atoms with Gasteiger partial charge in [0, 0.05) is 0 Å². The lowest BCUT2D eigenvalue weighted by Crippen LogP contribution is -2.03. The highest BCUT2D eigenvalue weighted by molar-refractivity contribution is 7.85. The maximum absolute atomic E-state index is 10.5. The molecule has 0 amide bonds. The lowest BCUT2D eigenvalue weighted by atomic mass is 10.1. The molecule has 5 heteroatoms. The van der Waals surface area contributed by atoms with E-state index in [-0.39, 0.29) is 5.75 Å². The number of rotatable bonds is 10. The van der Waals surface area contributed by atoms with Crippen LogP contribution >= 0.6 is 11.3 Å². The summed E-state index contributed by atoms with van der Waals surface area (Å²) in [6.07, 6.45) is 8.57. The second-order valence-corrected chi connectivity index (χ2v) is 6.99. The van der Waals surface area contributed by atoms with Crippen LogP contribution in [-0.2, 0) is 16.5 Å². The molecule has 1 aromatic heterocycles. The van der Waals surface area contributed by atoms with E-state index in [0.29, 0.717) is 6.42 Å². The van der Waals surface area contributed by atoms with Crippen molar-refractivity contribution in [2.75, 3.05) is 5.75 Å². The second kappa shape index (κ2) is 8.67. The molecule has 3 nitrogen and oxygen atoms in total. The summed E-state index contributed by atoms with van der Waals surface area (Å²) in [6, 6.07) is 2.18. The van der Waals surface area contributed by atoms with Gasteiger partial charge in [0.15, 0.2) is 0 Å². The zero-order chi connectivity index (χ0) is 13.3. The maximum Gasteiger partial charge on any atom is 0.264 e. The van der Waals surface area contributed by atoms with E-state index in [9.17, 15) is 8.42 Å². The van der Waals surface area contributed by atoms with Crippen LogP contribution in [-0.4, -0.2) is 18.7 Å². The van der Waals surface area contributed by atoms with Crippen LogP contribution in [0.4, 0.5) is 0 Å². The minimum absolute atomic E-state index is 0.0921. The van der Waals surface area contributed by atoms with Crippen molar-refractivity contribution in [3.8, 4) is 0 Å². The van der Waals surface area contributed by atoms with E-state index >= 15 is 0 Å². The Balaban J connectivity index is 1.84. The van der Waals surface area contributed by atoms with Crippen LogP contribution in [0.15, 0.2) is 16.8 Å². The van der Waals surface area contributed by atoms with Crippen molar-refractivity contribution in [2.24, 2.45) is 0 Å². The number of aryl methyl sites for hydroxylation is 1. The van der Waals surface area contributed by atoms with Gasteiger partial charge < -0.3 is 0 Å². The number of thiophene rings is 1. The molecule has 18 heavy (non-hydrogen) atoms. The van der Waals surface area contributed by atoms with Gasteiger partial charge >= 0.3 is 0 Å². The molecule has 0 aliphatic heterocycles. The van der Waals surface area contributed by atoms with Crippen LogP contribution < -0.4 is 0 Å². The summed E-state index contributed by atoms with van der Waals surface area (Å²) in [4.78, 5) is 0. The van der Waals surface area contributed by atoms with Crippen LogP contribution in [0.2, 0.25) is 0 Å². The molecule has 0 radical (unpaired) electrons. The van der Waals surface area contributed by atoms with Gasteiger partial charge in [-0.15, -0.1) is 0 Å². The molecule has 0 spiro atoms. The second-order valence-electron chi connectivity index (χ2n) is 4.64. The van der Waals surface area contributed by atoms with Gasteiger partial charge in [0.2, 0.25) is 0 Å². The predicted octanol–water partition coefficient (Wildman–Crippen LogP) is 3.91. The highest BCUT2D eigenvalue weighted by atomic mass is 32.2. The van der Waals surface area contributed by atoms with E-state index in [2.05, 4.69) is 16.8 Å². The summed E-state index contributed by atoms with van der Waals surface area (Å²) in [5.74, 6) is -0.0921. The van der Waals surface area contributed by atoms with Crippen molar-refractivity contribution >= 4 is 21.5 Å². The first kappa shape index (κ1) is 15.7. The average Bonchev–Trinajstić information content (AvgIpc) is 2.78. The van der Waals surface area contributed by atoms with Gasteiger partial charge in [-0.2, -0.15) is 19.8 Å². The molecule has 0 unspecified atom stereocenters. The molecule has 104 valence electrons. The highest BCUT2D eigenvalue weighted by Gasteiger charge is 2.02. The standard InChI is InChI=1S/C13H22O3S2/c14-18(15,16)11-7-5-3-1-2-4-6-8-13-9-10-17-12-13/h9-10,12H,1-8,11H2,(H,14,15,16). The van der Waals surface area contributed by atoms with Crippen molar-refractivity contribution in [1.82, 2.24) is 0 Å². The predicted molar refractivity (Wildman–Crippen MR) is 76.8 cm³/mol. The molecule has 0 saturated carbocycles. The molecule has 0 aliphatic carbocycles. The van der Waals surface area contributed by atoms with E-state index < -0.39 is 10.1 Å². The molecule has 0 aliphatic rings. The van der Waals surface area contributed by atoms with Gasteiger partial charge in [-0.25, -0.2) is 0 Å². The lowest BCUT2D eigenvalue weighted by Gasteiger charge is -2.01. The fourth-order valence-electron chi connectivity index (χ4n) is 1.93. The molecular formula is C13H22O3S2. The third kappa shape index (κ3) is 8.66. The van der Waals surface area contributed by atoms with Crippen molar-refractivity contribution in [3.05, 3.63) is 22.4 Å². The SMILES string of the molecule is O=S(=O)(O)CCCCCCCCCc1ccsc1. The van der Waals surface area contributed by atoms with Crippen LogP contribution in [0.3, 0.4) is 0 Å². The van der Waals surface area contributed by atoms with E-state index in [4.69, 9.17) is 4.55 Å². The third-order valence-electron chi connectivity index (χ3n) is 2.95. The van der Waals surface area contributed by atoms with E-state index in [1.54, 1.807) is 11.3 Å². The summed E-state index contributed by atoms with van der Waals surface area (Å²) < 4.78 is 29.5. The Morgan fingerprint density at radius 1 is 1.00 bits per heavy atom.